The number of carbonyl (C=O) groups excluding carboxylic acids is 1. The highest BCUT2D eigenvalue weighted by Gasteiger charge is 2.17. The Morgan fingerprint density at radius 2 is 1.96 bits per heavy atom. The third-order valence-corrected chi connectivity index (χ3v) is 4.54. The number of Topliss-reactive ketones (excluding diaryl/α,β-unsaturated/α-hetero) is 1. The molecule has 0 atom stereocenters. The minimum atomic E-state index is 0.0674. The summed E-state index contributed by atoms with van der Waals surface area (Å²) in [7, 11) is 3.23. The van der Waals surface area contributed by atoms with Crippen LogP contribution in [0.4, 0.5) is 11.4 Å². The molecule has 0 radical (unpaired) electrons. The van der Waals surface area contributed by atoms with Crippen LogP contribution in [-0.4, -0.2) is 25.0 Å². The van der Waals surface area contributed by atoms with Crippen LogP contribution in [0.15, 0.2) is 42.6 Å². The number of anilines is 2. The van der Waals surface area contributed by atoms with E-state index in [4.69, 9.17) is 9.47 Å². The van der Waals surface area contributed by atoms with Gasteiger partial charge in [-0.05, 0) is 31.0 Å². The number of ether oxygens (including phenoxy) is 2. The highest BCUT2D eigenvalue weighted by Crippen LogP contribution is 2.36. The fourth-order valence-electron chi connectivity index (χ4n) is 3.13. The molecule has 0 saturated carbocycles. The Hall–Kier alpha value is -3.08. The van der Waals surface area contributed by atoms with E-state index in [2.05, 4.69) is 10.3 Å². The van der Waals surface area contributed by atoms with Crippen molar-refractivity contribution in [3.8, 4) is 11.5 Å². The molecule has 3 aromatic rings. The Bertz CT molecular complexity index is 983. The molecule has 0 aliphatic heterocycles. The van der Waals surface area contributed by atoms with Crippen molar-refractivity contribution in [1.82, 2.24) is 4.98 Å². The zero-order valence-electron chi connectivity index (χ0n) is 16.1. The zero-order chi connectivity index (χ0) is 19.4. The van der Waals surface area contributed by atoms with Gasteiger partial charge in [0.2, 0.25) is 0 Å². The lowest BCUT2D eigenvalue weighted by Gasteiger charge is -2.17. The molecule has 0 bridgehead atoms. The van der Waals surface area contributed by atoms with Gasteiger partial charge in [0.15, 0.2) is 5.78 Å². The summed E-state index contributed by atoms with van der Waals surface area (Å²) in [5.74, 6) is 1.44. The Labute approximate surface area is 159 Å². The number of nitrogens with one attached hydrogen (secondary N) is 1. The molecule has 27 heavy (non-hydrogen) atoms. The van der Waals surface area contributed by atoms with Gasteiger partial charge in [-0.1, -0.05) is 25.1 Å². The number of fused-ring (bicyclic) bond motifs is 1. The van der Waals surface area contributed by atoms with Crippen LogP contribution in [0.3, 0.4) is 0 Å². The van der Waals surface area contributed by atoms with E-state index < -0.39 is 0 Å². The number of ketones is 1. The molecule has 3 rings (SSSR count). The molecule has 0 aliphatic rings. The monoisotopic (exact) mass is 364 g/mol. The molecular formula is C22H24N2O3. The molecule has 1 heterocycles. The molecule has 1 N–H and O–H groups in total. The summed E-state index contributed by atoms with van der Waals surface area (Å²) in [5.41, 5.74) is 3.99. The van der Waals surface area contributed by atoms with Crippen molar-refractivity contribution in [2.75, 3.05) is 19.5 Å². The second kappa shape index (κ2) is 8.08. The average Bonchev–Trinajstić information content (AvgIpc) is 2.68. The van der Waals surface area contributed by atoms with Crippen LogP contribution < -0.4 is 14.8 Å². The zero-order valence-corrected chi connectivity index (χ0v) is 16.1. The Morgan fingerprint density at radius 1 is 1.15 bits per heavy atom. The van der Waals surface area contributed by atoms with E-state index in [1.54, 1.807) is 20.4 Å². The predicted octanol–water partition coefficient (Wildman–Crippen LogP) is 5.29. The summed E-state index contributed by atoms with van der Waals surface area (Å²) in [6.45, 7) is 4.01. The molecule has 0 unspecified atom stereocenters. The first-order valence-electron chi connectivity index (χ1n) is 8.99. The third-order valence-electron chi connectivity index (χ3n) is 4.54. The molecule has 1 aromatic heterocycles. The van der Waals surface area contributed by atoms with E-state index in [9.17, 15) is 4.79 Å². The van der Waals surface area contributed by atoms with Crippen molar-refractivity contribution in [2.24, 2.45) is 0 Å². The lowest BCUT2D eigenvalue weighted by molar-refractivity contribution is 0.0982. The van der Waals surface area contributed by atoms with Crippen molar-refractivity contribution < 1.29 is 14.3 Å². The van der Waals surface area contributed by atoms with Crippen molar-refractivity contribution in [2.45, 2.75) is 26.7 Å². The van der Waals surface area contributed by atoms with Gasteiger partial charge in [0.25, 0.3) is 0 Å². The highest BCUT2D eigenvalue weighted by molar-refractivity contribution is 6.09. The molecule has 0 spiro atoms. The van der Waals surface area contributed by atoms with Crippen LogP contribution in [0.25, 0.3) is 10.9 Å². The number of pyridine rings is 1. The van der Waals surface area contributed by atoms with Gasteiger partial charge in [-0.25, -0.2) is 0 Å². The minimum Gasteiger partial charge on any atom is -0.497 e. The molecule has 5 nitrogen and oxygen atoms in total. The smallest absolute Gasteiger partial charge is 0.166 e. The summed E-state index contributed by atoms with van der Waals surface area (Å²) in [5, 5.41) is 4.31. The van der Waals surface area contributed by atoms with Gasteiger partial charge in [-0.3, -0.25) is 9.78 Å². The molecular weight excluding hydrogens is 340 g/mol. The Morgan fingerprint density at radius 3 is 2.67 bits per heavy atom. The van der Waals surface area contributed by atoms with Crippen LogP contribution in [0, 0.1) is 6.92 Å². The number of carbonyl (C=O) groups is 1. The third kappa shape index (κ3) is 3.72. The van der Waals surface area contributed by atoms with Crippen LogP contribution in [0.1, 0.15) is 35.7 Å². The summed E-state index contributed by atoms with van der Waals surface area (Å²) >= 11 is 0. The number of aryl methyl sites for hydroxylation is 1. The van der Waals surface area contributed by atoms with E-state index in [1.807, 2.05) is 50.2 Å². The number of para-hydroxylation sites is 1. The number of rotatable bonds is 7. The normalized spacial score (nSPS) is 10.7. The molecule has 5 heteroatoms. The van der Waals surface area contributed by atoms with Gasteiger partial charge in [-0.2, -0.15) is 0 Å². The average molecular weight is 364 g/mol. The largest absolute Gasteiger partial charge is 0.497 e. The topological polar surface area (TPSA) is 60.5 Å². The fourth-order valence-corrected chi connectivity index (χ4v) is 3.13. The number of benzene rings is 2. The highest BCUT2D eigenvalue weighted by atomic mass is 16.5. The summed E-state index contributed by atoms with van der Waals surface area (Å²) in [4.78, 5) is 17.3. The quantitative estimate of drug-likeness (QED) is 0.578. The minimum absolute atomic E-state index is 0.0674. The molecule has 0 amide bonds. The molecule has 140 valence electrons. The lowest BCUT2D eigenvalue weighted by Crippen LogP contribution is -2.06. The fraction of sp³-hybridized carbons (Fsp3) is 0.273. The van der Waals surface area contributed by atoms with E-state index in [1.165, 1.54) is 0 Å². The number of methoxy groups -OCH3 is 2. The Kier molecular flexibility index (Phi) is 5.60. The van der Waals surface area contributed by atoms with Gasteiger partial charge in [0.05, 0.1) is 36.7 Å². The maximum atomic E-state index is 12.7. The first-order valence-corrected chi connectivity index (χ1v) is 8.99. The predicted molar refractivity (Wildman–Crippen MR) is 109 cm³/mol. The van der Waals surface area contributed by atoms with Gasteiger partial charge >= 0.3 is 0 Å². The Balaban J connectivity index is 2.21. The van der Waals surface area contributed by atoms with Gasteiger partial charge in [0.1, 0.15) is 11.5 Å². The van der Waals surface area contributed by atoms with Crippen LogP contribution in [-0.2, 0) is 0 Å². The summed E-state index contributed by atoms with van der Waals surface area (Å²) in [6.07, 6.45) is 2.93. The van der Waals surface area contributed by atoms with Gasteiger partial charge in [-0.15, -0.1) is 0 Å². The standard InChI is InChI=1S/C22H24N2O3/c1-5-7-19(25)17-13-23-21-14(2)8-6-9-16(21)22(17)24-18-12-15(26-3)10-11-20(18)27-4/h6,8-13H,5,7H2,1-4H3,(H,23,24). The van der Waals surface area contributed by atoms with E-state index >= 15 is 0 Å². The summed E-state index contributed by atoms with van der Waals surface area (Å²) < 4.78 is 10.8. The van der Waals surface area contributed by atoms with Gasteiger partial charge < -0.3 is 14.8 Å². The van der Waals surface area contributed by atoms with E-state index in [-0.39, 0.29) is 5.78 Å². The lowest BCUT2D eigenvalue weighted by atomic mass is 10.0. The number of nitrogens with zero attached hydrogens (tertiary/aromatic N) is 1. The van der Waals surface area contributed by atoms with Crippen LogP contribution in [0.5, 0.6) is 11.5 Å². The molecule has 0 saturated heterocycles. The maximum Gasteiger partial charge on any atom is 0.166 e. The second-order valence-corrected chi connectivity index (χ2v) is 6.38. The number of hydrogen-bond donors (Lipinski definition) is 1. The van der Waals surface area contributed by atoms with Gasteiger partial charge in [0, 0.05) is 24.1 Å². The van der Waals surface area contributed by atoms with Crippen molar-refractivity contribution in [3.63, 3.8) is 0 Å². The summed E-state index contributed by atoms with van der Waals surface area (Å²) in [6, 6.07) is 11.5. The first-order chi connectivity index (χ1) is 13.1. The van der Waals surface area contributed by atoms with E-state index in [0.717, 1.165) is 34.3 Å². The first kappa shape index (κ1) is 18.7. The second-order valence-electron chi connectivity index (χ2n) is 6.38. The number of aromatic nitrogens is 1. The number of hydrogen-bond acceptors (Lipinski definition) is 5. The van der Waals surface area contributed by atoms with E-state index in [0.29, 0.717) is 23.5 Å². The molecule has 0 aliphatic carbocycles. The maximum absolute atomic E-state index is 12.7. The van der Waals surface area contributed by atoms with Crippen molar-refractivity contribution >= 4 is 28.1 Å². The van der Waals surface area contributed by atoms with Crippen LogP contribution in [0.2, 0.25) is 0 Å². The van der Waals surface area contributed by atoms with Crippen molar-refractivity contribution in [3.05, 3.63) is 53.7 Å². The molecule has 0 fully saturated rings. The molecule has 2 aromatic carbocycles. The SMILES string of the molecule is CCCC(=O)c1cnc2c(C)cccc2c1Nc1cc(OC)ccc1OC. The van der Waals surface area contributed by atoms with Crippen molar-refractivity contribution in [1.29, 1.82) is 0 Å². The van der Waals surface area contributed by atoms with Crippen LogP contribution >= 0.6 is 0 Å².